The Morgan fingerprint density at radius 1 is 1.48 bits per heavy atom. The predicted molar refractivity (Wildman–Crippen MR) is 82.5 cm³/mol. The van der Waals surface area contributed by atoms with Gasteiger partial charge in [0.25, 0.3) is 5.91 Å². The van der Waals surface area contributed by atoms with E-state index in [9.17, 15) is 9.18 Å². The van der Waals surface area contributed by atoms with Gasteiger partial charge in [0.15, 0.2) is 10.4 Å². The Kier molecular flexibility index (Phi) is 4.96. The van der Waals surface area contributed by atoms with Crippen LogP contribution in [0.2, 0.25) is 0 Å². The van der Waals surface area contributed by atoms with E-state index in [-0.39, 0.29) is 24.0 Å². The quantitative estimate of drug-likeness (QED) is 0.751. The lowest BCUT2D eigenvalue weighted by Gasteiger charge is -2.20. The summed E-state index contributed by atoms with van der Waals surface area (Å²) in [6.07, 6.45) is 1.60. The number of amides is 1. The lowest BCUT2D eigenvalue weighted by Crippen LogP contribution is -2.31. The maximum atomic E-state index is 13.7. The van der Waals surface area contributed by atoms with Crippen molar-refractivity contribution in [1.82, 2.24) is 4.90 Å². The summed E-state index contributed by atoms with van der Waals surface area (Å²) in [5, 5.41) is 0. The molecule has 0 atom stereocenters. The minimum atomic E-state index is -0.336. The molecule has 110 valence electrons. The van der Waals surface area contributed by atoms with Crippen molar-refractivity contribution in [1.29, 1.82) is 0 Å². The molecule has 1 aromatic heterocycles. The Balaban J connectivity index is 2.27. The fraction of sp³-hybridized carbons (Fsp3) is 0.188. The highest BCUT2D eigenvalue weighted by atomic mass is 79.9. The second kappa shape index (κ2) is 6.72. The Labute approximate surface area is 131 Å². The first-order valence-corrected chi connectivity index (χ1v) is 7.21. The van der Waals surface area contributed by atoms with Gasteiger partial charge < -0.3 is 9.32 Å². The minimum Gasteiger partial charge on any atom is -0.444 e. The molecule has 0 fully saturated rings. The van der Waals surface area contributed by atoms with Crippen molar-refractivity contribution in [2.24, 2.45) is 0 Å². The number of halogens is 2. The van der Waals surface area contributed by atoms with Crippen LogP contribution >= 0.6 is 15.9 Å². The molecule has 1 amide bonds. The van der Waals surface area contributed by atoms with Crippen LogP contribution < -0.4 is 0 Å². The van der Waals surface area contributed by atoms with Gasteiger partial charge in [-0.05, 0) is 35.0 Å². The zero-order valence-electron chi connectivity index (χ0n) is 11.6. The summed E-state index contributed by atoms with van der Waals surface area (Å²) >= 11 is 3.20. The monoisotopic (exact) mass is 351 g/mol. The molecule has 21 heavy (non-hydrogen) atoms. The van der Waals surface area contributed by atoms with Crippen molar-refractivity contribution in [2.45, 2.75) is 13.5 Å². The highest BCUT2D eigenvalue weighted by Crippen LogP contribution is 2.22. The predicted octanol–water partition coefficient (Wildman–Crippen LogP) is 4.32. The molecule has 1 heterocycles. The second-order valence-electron chi connectivity index (χ2n) is 4.63. The number of hydrogen-bond donors (Lipinski definition) is 0. The highest BCUT2D eigenvalue weighted by molar-refractivity contribution is 9.10. The van der Waals surface area contributed by atoms with Crippen molar-refractivity contribution in [3.63, 3.8) is 0 Å². The van der Waals surface area contributed by atoms with Crippen LogP contribution in [0.4, 0.5) is 4.39 Å². The Morgan fingerprint density at radius 2 is 2.19 bits per heavy atom. The molecule has 0 radical (unpaired) electrons. The SMILES string of the molecule is C=CCN(Cc1ccccc1F)C(=O)c1oc(Br)cc1C. The molecule has 0 aliphatic carbocycles. The van der Waals surface area contributed by atoms with Gasteiger partial charge in [0.2, 0.25) is 0 Å². The smallest absolute Gasteiger partial charge is 0.290 e. The zero-order chi connectivity index (χ0) is 15.4. The number of benzene rings is 1. The van der Waals surface area contributed by atoms with E-state index in [0.717, 1.165) is 5.56 Å². The minimum absolute atomic E-state index is 0.162. The van der Waals surface area contributed by atoms with Gasteiger partial charge in [0.05, 0.1) is 0 Å². The maximum Gasteiger partial charge on any atom is 0.290 e. The molecule has 0 N–H and O–H groups in total. The van der Waals surface area contributed by atoms with Gasteiger partial charge in [0.1, 0.15) is 5.82 Å². The van der Waals surface area contributed by atoms with E-state index in [1.807, 2.05) is 0 Å². The Bertz CT molecular complexity index is 666. The molecular weight excluding hydrogens is 337 g/mol. The van der Waals surface area contributed by atoms with Crippen molar-refractivity contribution in [3.8, 4) is 0 Å². The summed E-state index contributed by atoms with van der Waals surface area (Å²) in [5.41, 5.74) is 1.19. The van der Waals surface area contributed by atoms with Gasteiger partial charge in [0, 0.05) is 24.2 Å². The van der Waals surface area contributed by atoms with E-state index in [1.165, 1.54) is 11.0 Å². The van der Waals surface area contributed by atoms with E-state index < -0.39 is 0 Å². The third-order valence-corrected chi connectivity index (χ3v) is 3.43. The van der Waals surface area contributed by atoms with Crippen LogP contribution in [-0.4, -0.2) is 17.4 Å². The van der Waals surface area contributed by atoms with Gasteiger partial charge in [-0.2, -0.15) is 0 Å². The lowest BCUT2D eigenvalue weighted by atomic mass is 10.2. The van der Waals surface area contributed by atoms with Crippen molar-refractivity contribution < 1.29 is 13.6 Å². The van der Waals surface area contributed by atoms with E-state index in [4.69, 9.17) is 4.42 Å². The van der Waals surface area contributed by atoms with Gasteiger partial charge >= 0.3 is 0 Å². The first kappa shape index (κ1) is 15.5. The number of rotatable bonds is 5. The van der Waals surface area contributed by atoms with E-state index in [1.54, 1.807) is 37.3 Å². The van der Waals surface area contributed by atoms with E-state index in [2.05, 4.69) is 22.5 Å². The summed E-state index contributed by atoms with van der Waals surface area (Å²) in [6, 6.07) is 8.11. The Morgan fingerprint density at radius 3 is 2.76 bits per heavy atom. The number of aryl methyl sites for hydroxylation is 1. The van der Waals surface area contributed by atoms with Crippen molar-refractivity contribution in [3.05, 3.63) is 70.4 Å². The topological polar surface area (TPSA) is 33.5 Å². The average molecular weight is 352 g/mol. The van der Waals surface area contributed by atoms with Crippen LogP contribution in [0.15, 0.2) is 52.1 Å². The fourth-order valence-corrected chi connectivity index (χ4v) is 2.51. The number of furan rings is 1. The number of carbonyl (C=O) groups is 1. The molecule has 0 bridgehead atoms. The molecule has 2 aromatic rings. The molecular formula is C16H15BrFNO2. The molecule has 0 unspecified atom stereocenters. The van der Waals surface area contributed by atoms with E-state index >= 15 is 0 Å². The molecule has 3 nitrogen and oxygen atoms in total. The average Bonchev–Trinajstić information content (AvgIpc) is 2.79. The van der Waals surface area contributed by atoms with Crippen LogP contribution in [-0.2, 0) is 6.54 Å². The summed E-state index contributed by atoms with van der Waals surface area (Å²) in [4.78, 5) is 14.0. The summed E-state index contributed by atoms with van der Waals surface area (Å²) < 4.78 is 19.6. The lowest BCUT2D eigenvalue weighted by molar-refractivity contribution is 0.0727. The third kappa shape index (κ3) is 3.61. The van der Waals surface area contributed by atoms with Gasteiger partial charge in [-0.15, -0.1) is 6.58 Å². The molecule has 0 spiro atoms. The standard InChI is InChI=1S/C16H15BrFNO2/c1-3-8-19(10-12-6-4-5-7-13(12)18)16(20)15-11(2)9-14(17)21-15/h3-7,9H,1,8,10H2,2H3. The van der Waals surface area contributed by atoms with E-state index in [0.29, 0.717) is 16.8 Å². The summed E-state index contributed by atoms with van der Waals surface area (Å²) in [7, 11) is 0. The number of carbonyl (C=O) groups excluding carboxylic acids is 1. The normalized spacial score (nSPS) is 10.4. The second-order valence-corrected chi connectivity index (χ2v) is 5.41. The zero-order valence-corrected chi connectivity index (χ0v) is 13.2. The Hall–Kier alpha value is -1.88. The van der Waals surface area contributed by atoms with Crippen LogP contribution in [0.1, 0.15) is 21.7 Å². The molecule has 0 aliphatic rings. The molecule has 5 heteroatoms. The molecule has 0 aliphatic heterocycles. The van der Waals surface area contributed by atoms with Crippen LogP contribution in [0, 0.1) is 12.7 Å². The molecule has 0 saturated heterocycles. The van der Waals surface area contributed by atoms with Gasteiger partial charge in [-0.3, -0.25) is 4.79 Å². The molecule has 0 saturated carbocycles. The first-order chi connectivity index (χ1) is 10.0. The number of hydrogen-bond acceptors (Lipinski definition) is 2. The highest BCUT2D eigenvalue weighted by Gasteiger charge is 2.22. The maximum absolute atomic E-state index is 13.7. The summed E-state index contributed by atoms with van der Waals surface area (Å²) in [6.45, 7) is 5.90. The molecule has 1 aromatic carbocycles. The number of nitrogens with zero attached hydrogens (tertiary/aromatic N) is 1. The van der Waals surface area contributed by atoms with Crippen molar-refractivity contribution >= 4 is 21.8 Å². The largest absolute Gasteiger partial charge is 0.444 e. The van der Waals surface area contributed by atoms with Gasteiger partial charge in [-0.1, -0.05) is 24.3 Å². The van der Waals surface area contributed by atoms with Crippen LogP contribution in [0.5, 0.6) is 0 Å². The first-order valence-electron chi connectivity index (χ1n) is 6.42. The fourth-order valence-electron chi connectivity index (χ4n) is 2.01. The molecule has 2 rings (SSSR count). The third-order valence-electron chi connectivity index (χ3n) is 3.04. The summed E-state index contributed by atoms with van der Waals surface area (Å²) in [5.74, 6) is -0.377. The van der Waals surface area contributed by atoms with Crippen molar-refractivity contribution in [2.75, 3.05) is 6.54 Å². The van der Waals surface area contributed by atoms with Crippen LogP contribution in [0.3, 0.4) is 0 Å². The van der Waals surface area contributed by atoms with Gasteiger partial charge in [-0.25, -0.2) is 4.39 Å². The van der Waals surface area contributed by atoms with Crippen LogP contribution in [0.25, 0.3) is 0 Å².